The van der Waals surface area contributed by atoms with E-state index in [4.69, 9.17) is 9.47 Å². The van der Waals surface area contributed by atoms with E-state index in [2.05, 4.69) is 10.6 Å². The number of hydrogen-bond donors (Lipinski definition) is 3. The van der Waals surface area contributed by atoms with Crippen molar-refractivity contribution in [1.29, 1.82) is 0 Å². The second-order valence-corrected chi connectivity index (χ2v) is 15.6. The molecule has 1 aliphatic rings. The number of nitrogens with one attached hydrogen (secondary N) is 2. The van der Waals surface area contributed by atoms with E-state index in [0.29, 0.717) is 18.5 Å². The quantitative estimate of drug-likeness (QED) is 0.184. The van der Waals surface area contributed by atoms with Crippen LogP contribution in [0, 0.1) is 23.7 Å². The maximum atomic E-state index is 14.2. The summed E-state index contributed by atoms with van der Waals surface area (Å²) in [7, 11) is 8.57. The van der Waals surface area contributed by atoms with E-state index < -0.39 is 48.4 Å². The highest BCUT2D eigenvalue weighted by Crippen LogP contribution is 2.30. The number of methoxy groups -OCH3 is 2. The van der Waals surface area contributed by atoms with Gasteiger partial charge in [-0.2, -0.15) is 0 Å². The highest BCUT2D eigenvalue weighted by molar-refractivity contribution is 5.90. The summed E-state index contributed by atoms with van der Waals surface area (Å²) in [6.07, 6.45) is 0.148. The van der Waals surface area contributed by atoms with Crippen molar-refractivity contribution < 1.29 is 33.8 Å². The summed E-state index contributed by atoms with van der Waals surface area (Å²) in [5.74, 6) is -1.57. The van der Waals surface area contributed by atoms with Crippen LogP contribution in [0.2, 0.25) is 0 Å². The standard InChI is InChI=1S/C40H69N5O7/c1-14-26(6)35(44(11)40(50)33(24(2)3)42-39(49)34(25(4)5)43(9)10)31(51-12)23-32(46)45-22-18-21-30(45)37(52-13)27(7)38(48)41-28(8)36(47)29-19-16-15-17-20-29/h15-17,19-20,24-28,30-31,33-37,47H,14,18,21-23H2,1-13H3,(H,41,48)(H,42,49)/t26-,27+,28?,30?,31+,33-,34-,35-,36+,37+/m0/s1. The number of nitrogens with zero attached hydrogens (tertiary/aromatic N) is 3. The minimum Gasteiger partial charge on any atom is -0.386 e. The Kier molecular flexibility index (Phi) is 18.2. The number of likely N-dealkylation sites (N-methyl/N-ethyl adjacent to an activating group) is 2. The Bertz CT molecular complexity index is 1270. The molecule has 0 aliphatic carbocycles. The zero-order valence-corrected chi connectivity index (χ0v) is 34.1. The Morgan fingerprint density at radius 2 is 1.52 bits per heavy atom. The van der Waals surface area contributed by atoms with Crippen LogP contribution in [0.4, 0.5) is 0 Å². The molecule has 0 aromatic heterocycles. The largest absolute Gasteiger partial charge is 0.386 e. The van der Waals surface area contributed by atoms with Gasteiger partial charge in [-0.05, 0) is 57.2 Å². The second kappa shape index (κ2) is 21.0. The van der Waals surface area contributed by atoms with Gasteiger partial charge >= 0.3 is 0 Å². The van der Waals surface area contributed by atoms with Crippen LogP contribution in [0.5, 0.6) is 0 Å². The molecule has 1 saturated heterocycles. The van der Waals surface area contributed by atoms with E-state index in [1.807, 2.05) is 90.9 Å². The molecule has 0 spiro atoms. The topological polar surface area (TPSA) is 141 Å². The first-order chi connectivity index (χ1) is 24.4. The van der Waals surface area contributed by atoms with Gasteiger partial charge in [0.25, 0.3) is 0 Å². The Hall–Kier alpha value is -3.06. The summed E-state index contributed by atoms with van der Waals surface area (Å²) in [4.78, 5) is 60.6. The molecule has 2 unspecified atom stereocenters. The van der Waals surface area contributed by atoms with Crippen LogP contribution in [0.15, 0.2) is 30.3 Å². The lowest BCUT2D eigenvalue weighted by Crippen LogP contribution is -2.59. The van der Waals surface area contributed by atoms with Crippen LogP contribution >= 0.6 is 0 Å². The fraction of sp³-hybridized carbons (Fsp3) is 0.750. The SMILES string of the molecule is CC[C@H](C)[C@@H]([C@@H](CC(=O)N1CCCC1[C@H](OC)[C@@H](C)C(=O)NC(C)[C@@H](O)c1ccccc1)OC)N(C)C(=O)[C@@H](NC(=O)[C@H](C(C)C)N(C)C)C(C)C. The molecule has 10 atom stereocenters. The lowest BCUT2D eigenvalue weighted by molar-refractivity contribution is -0.148. The van der Waals surface area contributed by atoms with Gasteiger partial charge in [-0.25, -0.2) is 0 Å². The highest BCUT2D eigenvalue weighted by Gasteiger charge is 2.43. The zero-order chi connectivity index (χ0) is 39.4. The van der Waals surface area contributed by atoms with Crippen molar-refractivity contribution in [1.82, 2.24) is 25.3 Å². The van der Waals surface area contributed by atoms with Crippen molar-refractivity contribution in [2.45, 2.75) is 130 Å². The summed E-state index contributed by atoms with van der Waals surface area (Å²) >= 11 is 0. The molecule has 52 heavy (non-hydrogen) atoms. The molecule has 12 nitrogen and oxygen atoms in total. The Morgan fingerprint density at radius 1 is 0.904 bits per heavy atom. The first kappa shape index (κ1) is 45.1. The van der Waals surface area contributed by atoms with E-state index >= 15 is 0 Å². The van der Waals surface area contributed by atoms with Gasteiger partial charge in [0.05, 0.1) is 54.8 Å². The number of likely N-dealkylation sites (tertiary alicyclic amines) is 1. The second-order valence-electron chi connectivity index (χ2n) is 15.6. The molecule has 1 heterocycles. The molecular formula is C40H69N5O7. The van der Waals surface area contributed by atoms with Crippen LogP contribution in [-0.4, -0.2) is 128 Å². The van der Waals surface area contributed by atoms with Crippen LogP contribution in [0.1, 0.15) is 92.7 Å². The van der Waals surface area contributed by atoms with Gasteiger partial charge in [0.2, 0.25) is 23.6 Å². The monoisotopic (exact) mass is 732 g/mol. The van der Waals surface area contributed by atoms with Gasteiger partial charge in [0.1, 0.15) is 6.04 Å². The molecule has 1 aromatic rings. The van der Waals surface area contributed by atoms with Crippen molar-refractivity contribution in [3.8, 4) is 0 Å². The minimum atomic E-state index is -0.876. The van der Waals surface area contributed by atoms with Crippen LogP contribution < -0.4 is 10.6 Å². The number of carbonyl (C=O) groups excluding carboxylic acids is 4. The molecule has 0 saturated carbocycles. The van der Waals surface area contributed by atoms with Crippen LogP contribution in [0.25, 0.3) is 0 Å². The summed E-state index contributed by atoms with van der Waals surface area (Å²) < 4.78 is 11.9. The molecule has 1 aromatic carbocycles. The van der Waals surface area contributed by atoms with Crippen molar-refractivity contribution in [3.05, 3.63) is 35.9 Å². The molecule has 1 fully saturated rings. The summed E-state index contributed by atoms with van der Waals surface area (Å²) in [6.45, 7) is 16.0. The minimum absolute atomic E-state index is 0.0153. The van der Waals surface area contributed by atoms with Gasteiger partial charge in [-0.3, -0.25) is 24.1 Å². The highest BCUT2D eigenvalue weighted by atomic mass is 16.5. The third-order valence-electron chi connectivity index (χ3n) is 10.9. The number of amides is 4. The number of carbonyl (C=O) groups is 4. The lowest BCUT2D eigenvalue weighted by Gasteiger charge is -2.41. The van der Waals surface area contributed by atoms with Crippen molar-refractivity contribution >= 4 is 23.6 Å². The predicted molar refractivity (Wildman–Crippen MR) is 204 cm³/mol. The smallest absolute Gasteiger partial charge is 0.245 e. The molecule has 12 heteroatoms. The first-order valence-corrected chi connectivity index (χ1v) is 19.0. The predicted octanol–water partition coefficient (Wildman–Crippen LogP) is 3.87. The molecule has 296 valence electrons. The number of hydrogen-bond acceptors (Lipinski definition) is 8. The Labute approximate surface area is 313 Å². The van der Waals surface area contributed by atoms with Crippen molar-refractivity contribution in [3.63, 3.8) is 0 Å². The van der Waals surface area contributed by atoms with Gasteiger partial charge in [0.15, 0.2) is 0 Å². The van der Waals surface area contributed by atoms with Gasteiger partial charge in [-0.15, -0.1) is 0 Å². The molecule has 0 bridgehead atoms. The molecular weight excluding hydrogens is 662 g/mol. The summed E-state index contributed by atoms with van der Waals surface area (Å²) in [6, 6.07) is 6.72. The fourth-order valence-electron chi connectivity index (χ4n) is 7.78. The Morgan fingerprint density at radius 3 is 2.02 bits per heavy atom. The third kappa shape index (κ3) is 11.5. The van der Waals surface area contributed by atoms with E-state index in [1.54, 1.807) is 44.9 Å². The number of aliphatic hydroxyl groups is 1. The zero-order valence-electron chi connectivity index (χ0n) is 34.1. The van der Waals surface area contributed by atoms with Gasteiger partial charge in [0, 0.05) is 27.8 Å². The first-order valence-electron chi connectivity index (χ1n) is 19.0. The van der Waals surface area contributed by atoms with Crippen LogP contribution in [-0.2, 0) is 28.7 Å². The number of rotatable bonds is 20. The molecule has 3 N–H and O–H groups in total. The maximum absolute atomic E-state index is 14.2. The summed E-state index contributed by atoms with van der Waals surface area (Å²) in [5, 5.41) is 16.8. The average molecular weight is 732 g/mol. The van der Waals surface area contributed by atoms with Crippen LogP contribution in [0.3, 0.4) is 0 Å². The molecule has 4 amide bonds. The van der Waals surface area contributed by atoms with Gasteiger partial charge < -0.3 is 35.0 Å². The normalized spacial score (nSPS) is 20.1. The van der Waals surface area contributed by atoms with E-state index in [0.717, 1.165) is 12.8 Å². The number of ether oxygens (including phenoxy) is 2. The maximum Gasteiger partial charge on any atom is 0.245 e. The number of aliphatic hydroxyl groups excluding tert-OH is 1. The third-order valence-corrected chi connectivity index (χ3v) is 10.9. The van der Waals surface area contributed by atoms with E-state index in [9.17, 15) is 24.3 Å². The van der Waals surface area contributed by atoms with Gasteiger partial charge in [-0.1, -0.05) is 85.2 Å². The fourth-order valence-corrected chi connectivity index (χ4v) is 7.78. The lowest BCUT2D eigenvalue weighted by atomic mass is 9.89. The molecule has 2 rings (SSSR count). The van der Waals surface area contributed by atoms with E-state index in [-0.39, 0.29) is 53.8 Å². The van der Waals surface area contributed by atoms with Crippen molar-refractivity contribution in [2.75, 3.05) is 41.9 Å². The number of benzene rings is 1. The Balaban J connectivity index is 2.25. The summed E-state index contributed by atoms with van der Waals surface area (Å²) in [5.41, 5.74) is 0.711. The molecule has 1 aliphatic heterocycles. The van der Waals surface area contributed by atoms with Crippen molar-refractivity contribution in [2.24, 2.45) is 23.7 Å². The average Bonchev–Trinajstić information content (AvgIpc) is 3.59. The molecule has 0 radical (unpaired) electrons. The van der Waals surface area contributed by atoms with E-state index in [1.165, 1.54) is 0 Å².